The van der Waals surface area contributed by atoms with Crippen molar-refractivity contribution in [1.82, 2.24) is 19.1 Å². The lowest BCUT2D eigenvalue weighted by atomic mass is 9.60. The summed E-state index contributed by atoms with van der Waals surface area (Å²) in [5, 5.41) is 15.2. The van der Waals surface area contributed by atoms with Crippen LogP contribution in [-0.2, 0) is 16.4 Å². The Morgan fingerprint density at radius 3 is 2.28 bits per heavy atom. The number of fused-ring (bicyclic) bond motifs is 2. The number of pyridine rings is 1. The van der Waals surface area contributed by atoms with Gasteiger partial charge < -0.3 is 5.11 Å². The lowest BCUT2D eigenvalue weighted by Gasteiger charge is -2.52. The SMILES string of the molecule is C[C@]1(O)C[C@@H](N([C@H]2CCC3=Cc4c(cnn4-c4ccc(F)cc4)C[C@]3(C(=O)c3cc(F)ccn3)C2)S(=O)(=O)c2ccc(F)cc2)C1. The number of carbonyl (C=O) groups excluding carboxylic acids is 1. The Morgan fingerprint density at radius 2 is 1.63 bits per heavy atom. The summed E-state index contributed by atoms with van der Waals surface area (Å²) in [6.07, 6.45) is 6.11. The molecule has 3 aliphatic carbocycles. The molecule has 2 aromatic heterocycles. The van der Waals surface area contributed by atoms with E-state index in [1.807, 2.05) is 6.08 Å². The van der Waals surface area contributed by atoms with Crippen molar-refractivity contribution in [3.8, 4) is 5.69 Å². The minimum absolute atomic E-state index is 0.0690. The second kappa shape index (κ2) is 11.0. The van der Waals surface area contributed by atoms with Gasteiger partial charge in [-0.3, -0.25) is 9.78 Å². The van der Waals surface area contributed by atoms with E-state index >= 15 is 0 Å². The maximum atomic E-state index is 14.5. The van der Waals surface area contributed by atoms with Gasteiger partial charge in [-0.25, -0.2) is 26.3 Å². The van der Waals surface area contributed by atoms with E-state index in [1.54, 1.807) is 29.9 Å². The van der Waals surface area contributed by atoms with Crippen LogP contribution < -0.4 is 0 Å². The number of carbonyl (C=O) groups is 1. The minimum atomic E-state index is -4.18. The molecule has 3 aliphatic rings. The summed E-state index contributed by atoms with van der Waals surface area (Å²) < 4.78 is 73.4. The summed E-state index contributed by atoms with van der Waals surface area (Å²) in [6, 6.07) is 11.5. The van der Waals surface area contributed by atoms with Crippen LogP contribution in [0.5, 0.6) is 0 Å². The third-order valence-corrected chi connectivity index (χ3v) is 11.6. The highest BCUT2D eigenvalue weighted by Crippen LogP contribution is 2.53. The molecule has 7 rings (SSSR count). The molecule has 0 spiro atoms. The van der Waals surface area contributed by atoms with Gasteiger partial charge in [0.05, 0.1) is 33.5 Å². The van der Waals surface area contributed by atoms with Gasteiger partial charge in [0.2, 0.25) is 10.0 Å². The number of hydrogen-bond acceptors (Lipinski definition) is 6. The maximum absolute atomic E-state index is 14.5. The molecule has 0 aliphatic heterocycles. The molecule has 46 heavy (non-hydrogen) atoms. The van der Waals surface area contributed by atoms with Gasteiger partial charge in [0.1, 0.15) is 23.1 Å². The molecule has 12 heteroatoms. The fourth-order valence-electron chi connectivity index (χ4n) is 7.42. The highest BCUT2D eigenvalue weighted by Gasteiger charge is 2.55. The molecule has 4 aromatic rings. The Balaban J connectivity index is 1.33. The first kappa shape index (κ1) is 30.5. The Hall–Kier alpha value is -4.13. The number of rotatable bonds is 7. The normalized spacial score (nSPS) is 25.7. The van der Waals surface area contributed by atoms with E-state index in [0.29, 0.717) is 18.5 Å². The molecule has 0 saturated heterocycles. The van der Waals surface area contributed by atoms with Crippen molar-refractivity contribution in [2.45, 2.75) is 68.0 Å². The number of aliphatic hydroxyl groups is 1. The second-order valence-electron chi connectivity index (χ2n) is 12.8. The smallest absolute Gasteiger partial charge is 0.243 e. The Kier molecular flexibility index (Phi) is 7.29. The number of nitrogens with zero attached hydrogens (tertiary/aromatic N) is 4. The third kappa shape index (κ3) is 5.18. The zero-order valence-corrected chi connectivity index (χ0v) is 25.7. The van der Waals surface area contributed by atoms with Crippen molar-refractivity contribution in [3.63, 3.8) is 0 Å². The number of sulfonamides is 1. The van der Waals surface area contributed by atoms with Crippen molar-refractivity contribution in [2.75, 3.05) is 0 Å². The van der Waals surface area contributed by atoms with Crippen LogP contribution in [-0.4, -0.2) is 56.1 Å². The fraction of sp³-hybridized carbons (Fsp3) is 0.324. The van der Waals surface area contributed by atoms with Crippen molar-refractivity contribution in [3.05, 3.63) is 113 Å². The highest BCUT2D eigenvalue weighted by atomic mass is 32.2. The van der Waals surface area contributed by atoms with E-state index in [9.17, 15) is 31.5 Å². The van der Waals surface area contributed by atoms with Crippen LogP contribution in [0.1, 0.15) is 60.8 Å². The van der Waals surface area contributed by atoms with E-state index in [0.717, 1.165) is 41.1 Å². The molecule has 0 amide bonds. The number of allylic oxidation sites excluding steroid dienone is 1. The van der Waals surface area contributed by atoms with Crippen molar-refractivity contribution in [1.29, 1.82) is 0 Å². The van der Waals surface area contributed by atoms with E-state index in [2.05, 4.69) is 10.1 Å². The zero-order chi connectivity index (χ0) is 32.4. The minimum Gasteiger partial charge on any atom is -0.390 e. The molecule has 1 N–H and O–H groups in total. The zero-order valence-electron chi connectivity index (χ0n) is 24.9. The molecule has 238 valence electrons. The lowest BCUT2D eigenvalue weighted by Crippen LogP contribution is -2.60. The van der Waals surface area contributed by atoms with Crippen molar-refractivity contribution < 1.29 is 31.5 Å². The standard InChI is InChI=1S/C34H31F3N4O4S/c1-33(43)17-28(18-33)41(46(44,45)29-10-5-24(36)6-11-29)27-7-2-22-14-31-21(20-39-40(31)26-8-3-23(35)4-9-26)16-34(22,19-27)32(42)30-15-25(37)12-13-38-30/h3-6,8-15,20,27-28,43H,2,7,16-19H2,1H3/t27-,28-,33+,34-/m0/s1. The first-order valence-corrected chi connectivity index (χ1v) is 16.5. The van der Waals surface area contributed by atoms with Crippen LogP contribution in [0.3, 0.4) is 0 Å². The predicted octanol–water partition coefficient (Wildman–Crippen LogP) is 5.65. The number of halogens is 3. The van der Waals surface area contributed by atoms with E-state index < -0.39 is 50.5 Å². The quantitative estimate of drug-likeness (QED) is 0.260. The number of hydrogen-bond donors (Lipinski definition) is 1. The summed E-state index contributed by atoms with van der Waals surface area (Å²) in [7, 11) is -4.18. The van der Waals surface area contributed by atoms with E-state index in [-0.39, 0.29) is 42.1 Å². The topological polar surface area (TPSA) is 105 Å². The summed E-state index contributed by atoms with van der Waals surface area (Å²) in [4.78, 5) is 18.6. The second-order valence-corrected chi connectivity index (χ2v) is 14.6. The van der Waals surface area contributed by atoms with Crippen LogP contribution in [0.25, 0.3) is 11.8 Å². The maximum Gasteiger partial charge on any atom is 0.243 e. The molecule has 2 saturated carbocycles. The summed E-state index contributed by atoms with van der Waals surface area (Å²) in [5.41, 5.74) is 0.438. The average molecular weight is 649 g/mol. The summed E-state index contributed by atoms with van der Waals surface area (Å²) >= 11 is 0. The van der Waals surface area contributed by atoms with Gasteiger partial charge >= 0.3 is 0 Å². The van der Waals surface area contributed by atoms with Crippen LogP contribution >= 0.6 is 0 Å². The van der Waals surface area contributed by atoms with Gasteiger partial charge in [0.15, 0.2) is 5.78 Å². The molecular formula is C34H31F3N4O4S. The number of benzene rings is 2. The molecule has 0 bridgehead atoms. The highest BCUT2D eigenvalue weighted by molar-refractivity contribution is 7.89. The van der Waals surface area contributed by atoms with Crippen LogP contribution in [0.4, 0.5) is 13.2 Å². The van der Waals surface area contributed by atoms with Gasteiger partial charge in [-0.1, -0.05) is 5.57 Å². The fourth-order valence-corrected chi connectivity index (χ4v) is 9.25. The van der Waals surface area contributed by atoms with Crippen LogP contribution in [0.15, 0.2) is 83.5 Å². The molecule has 2 heterocycles. The summed E-state index contributed by atoms with van der Waals surface area (Å²) in [5.74, 6) is -2.01. The van der Waals surface area contributed by atoms with Gasteiger partial charge in [-0.15, -0.1) is 0 Å². The Morgan fingerprint density at radius 1 is 0.957 bits per heavy atom. The number of aromatic nitrogens is 3. The predicted molar refractivity (Wildman–Crippen MR) is 163 cm³/mol. The van der Waals surface area contributed by atoms with E-state index in [4.69, 9.17) is 0 Å². The first-order valence-electron chi connectivity index (χ1n) is 15.1. The number of ketones is 1. The van der Waals surface area contributed by atoms with Crippen molar-refractivity contribution in [2.24, 2.45) is 5.41 Å². The molecule has 2 atom stereocenters. The monoisotopic (exact) mass is 648 g/mol. The first-order chi connectivity index (χ1) is 21.9. The third-order valence-electron chi connectivity index (χ3n) is 9.56. The molecular weight excluding hydrogens is 617 g/mol. The Labute approximate surface area is 264 Å². The van der Waals surface area contributed by atoms with Gasteiger partial charge in [-0.05, 0) is 112 Å². The van der Waals surface area contributed by atoms with Crippen LogP contribution in [0, 0.1) is 22.9 Å². The van der Waals surface area contributed by atoms with Crippen molar-refractivity contribution >= 4 is 21.9 Å². The molecule has 0 unspecified atom stereocenters. The average Bonchev–Trinajstić information content (AvgIpc) is 3.41. The lowest BCUT2D eigenvalue weighted by molar-refractivity contribution is -0.0689. The molecule has 0 radical (unpaired) electrons. The van der Waals surface area contributed by atoms with Crippen LogP contribution in [0.2, 0.25) is 0 Å². The molecule has 2 aromatic carbocycles. The summed E-state index contributed by atoms with van der Waals surface area (Å²) in [6.45, 7) is 1.65. The van der Waals surface area contributed by atoms with Gasteiger partial charge in [0, 0.05) is 24.3 Å². The molecule has 2 fully saturated rings. The Bertz CT molecular complexity index is 1970. The largest absolute Gasteiger partial charge is 0.390 e. The van der Waals surface area contributed by atoms with Gasteiger partial charge in [0.25, 0.3) is 0 Å². The van der Waals surface area contributed by atoms with E-state index in [1.165, 1.54) is 34.8 Å². The van der Waals surface area contributed by atoms with Gasteiger partial charge in [-0.2, -0.15) is 9.40 Å². The molecule has 8 nitrogen and oxygen atoms in total. The number of Topliss-reactive ketones (excluding diaryl/α,β-unsaturated/α-hetero) is 1.